The minimum absolute atomic E-state index is 0.304. The van der Waals surface area contributed by atoms with Crippen molar-refractivity contribution in [2.45, 2.75) is 25.0 Å². The highest BCUT2D eigenvalue weighted by Crippen LogP contribution is 2.32. The molecule has 1 aliphatic rings. The summed E-state index contributed by atoms with van der Waals surface area (Å²) in [5, 5.41) is 7.76. The van der Waals surface area contributed by atoms with Crippen LogP contribution in [0.3, 0.4) is 0 Å². The first kappa shape index (κ1) is 19.1. The molecule has 4 rings (SSSR count). The Labute approximate surface area is 168 Å². The van der Waals surface area contributed by atoms with E-state index in [1.54, 1.807) is 23.4 Å². The largest absolute Gasteiger partial charge is 0.420 e. The number of rotatable bonds is 4. The van der Waals surface area contributed by atoms with Gasteiger partial charge in [0, 0.05) is 38.8 Å². The molecule has 7 nitrogen and oxygen atoms in total. The molecule has 0 atom stereocenters. The molecule has 0 N–H and O–H groups in total. The first-order valence-corrected chi connectivity index (χ1v) is 11.3. The van der Waals surface area contributed by atoms with Crippen LogP contribution >= 0.6 is 11.3 Å². The van der Waals surface area contributed by atoms with E-state index in [9.17, 15) is 8.42 Å². The first-order valence-electron chi connectivity index (χ1n) is 9.07. The van der Waals surface area contributed by atoms with Gasteiger partial charge in [-0.2, -0.15) is 4.31 Å². The monoisotopic (exact) mass is 418 g/mol. The zero-order chi connectivity index (χ0) is 19.9. The van der Waals surface area contributed by atoms with Crippen LogP contribution in [0.2, 0.25) is 0 Å². The van der Waals surface area contributed by atoms with Gasteiger partial charge >= 0.3 is 0 Å². The molecule has 0 radical (unpaired) electrons. The molecule has 0 aliphatic carbocycles. The van der Waals surface area contributed by atoms with Crippen LogP contribution in [0.1, 0.15) is 17.0 Å². The highest BCUT2D eigenvalue weighted by molar-refractivity contribution is 7.91. The summed E-state index contributed by atoms with van der Waals surface area (Å²) in [7, 11) is -3.53. The molecule has 9 heteroatoms. The Balaban J connectivity index is 1.49. The van der Waals surface area contributed by atoms with Crippen LogP contribution in [-0.4, -0.2) is 49.1 Å². The maximum Gasteiger partial charge on any atom is 0.257 e. The molecule has 0 spiro atoms. The number of piperazine rings is 1. The summed E-state index contributed by atoms with van der Waals surface area (Å²) in [4.78, 5) is 2.92. The minimum Gasteiger partial charge on any atom is -0.420 e. The normalized spacial score (nSPS) is 15.9. The fourth-order valence-electron chi connectivity index (χ4n) is 3.33. The number of sulfonamides is 1. The third-order valence-electron chi connectivity index (χ3n) is 4.86. The van der Waals surface area contributed by atoms with Gasteiger partial charge in [0.05, 0.1) is 4.88 Å². The lowest BCUT2D eigenvalue weighted by Gasteiger charge is -2.36. The highest BCUT2D eigenvalue weighted by atomic mass is 32.2. The van der Waals surface area contributed by atoms with Gasteiger partial charge in [0.2, 0.25) is 5.89 Å². The van der Waals surface area contributed by atoms with E-state index in [4.69, 9.17) is 4.42 Å². The zero-order valence-electron chi connectivity index (χ0n) is 16.0. The fraction of sp³-hybridized carbons (Fsp3) is 0.368. The predicted molar refractivity (Wildman–Crippen MR) is 109 cm³/mol. The second-order valence-corrected chi connectivity index (χ2v) is 10.2. The summed E-state index contributed by atoms with van der Waals surface area (Å²) >= 11 is 1.16. The Kier molecular flexibility index (Phi) is 4.98. The van der Waals surface area contributed by atoms with E-state index in [1.807, 2.05) is 0 Å². The van der Waals surface area contributed by atoms with Crippen molar-refractivity contribution < 1.29 is 12.8 Å². The summed E-state index contributed by atoms with van der Waals surface area (Å²) in [6.45, 7) is 8.13. The molecule has 1 aromatic carbocycles. The summed E-state index contributed by atoms with van der Waals surface area (Å²) in [6.07, 6.45) is 0. The Morgan fingerprint density at radius 2 is 1.75 bits per heavy atom. The van der Waals surface area contributed by atoms with E-state index in [2.05, 4.69) is 47.1 Å². The molecule has 3 heterocycles. The van der Waals surface area contributed by atoms with Crippen molar-refractivity contribution in [1.82, 2.24) is 14.5 Å². The molecular weight excluding hydrogens is 396 g/mol. The number of nitrogens with zero attached hydrogens (tertiary/aromatic N) is 4. The summed E-state index contributed by atoms with van der Waals surface area (Å²) in [6, 6.07) is 9.71. The number of aromatic nitrogens is 2. The van der Waals surface area contributed by atoms with Crippen molar-refractivity contribution in [3.63, 3.8) is 0 Å². The zero-order valence-corrected chi connectivity index (χ0v) is 17.7. The number of benzene rings is 1. The van der Waals surface area contributed by atoms with E-state index < -0.39 is 10.0 Å². The molecule has 0 bridgehead atoms. The van der Waals surface area contributed by atoms with Crippen molar-refractivity contribution in [2.24, 2.45) is 0 Å². The van der Waals surface area contributed by atoms with Gasteiger partial charge in [0.15, 0.2) is 0 Å². The van der Waals surface area contributed by atoms with Gasteiger partial charge in [0.25, 0.3) is 15.9 Å². The van der Waals surface area contributed by atoms with Crippen LogP contribution < -0.4 is 4.90 Å². The van der Waals surface area contributed by atoms with Crippen molar-refractivity contribution in [1.29, 1.82) is 0 Å². The Bertz CT molecular complexity index is 1100. The van der Waals surface area contributed by atoms with Crippen molar-refractivity contribution in [3.8, 4) is 10.8 Å². The molecule has 0 amide bonds. The van der Waals surface area contributed by atoms with E-state index in [0.717, 1.165) is 11.3 Å². The van der Waals surface area contributed by atoms with Gasteiger partial charge < -0.3 is 9.32 Å². The summed E-state index contributed by atoms with van der Waals surface area (Å²) in [5.41, 5.74) is 3.60. The molecule has 1 fully saturated rings. The number of hydrogen-bond donors (Lipinski definition) is 0. The molecule has 3 aromatic rings. The summed E-state index contributed by atoms with van der Waals surface area (Å²) < 4.78 is 33.4. The van der Waals surface area contributed by atoms with Crippen LogP contribution in [-0.2, 0) is 10.0 Å². The maximum atomic E-state index is 13.1. The van der Waals surface area contributed by atoms with E-state index >= 15 is 0 Å². The Morgan fingerprint density at radius 1 is 1.00 bits per heavy atom. The number of anilines is 1. The number of hydrogen-bond acceptors (Lipinski definition) is 7. The Morgan fingerprint density at radius 3 is 2.43 bits per heavy atom. The van der Waals surface area contributed by atoms with E-state index in [0.29, 0.717) is 47.0 Å². The van der Waals surface area contributed by atoms with Crippen molar-refractivity contribution in [3.05, 3.63) is 47.3 Å². The average molecular weight is 419 g/mol. The average Bonchev–Trinajstić information content (AvgIpc) is 3.33. The van der Waals surface area contributed by atoms with Crippen molar-refractivity contribution in [2.75, 3.05) is 31.1 Å². The van der Waals surface area contributed by atoms with E-state index in [-0.39, 0.29) is 0 Å². The smallest absolute Gasteiger partial charge is 0.257 e. The SMILES string of the molecule is Cc1ccc(C)c(N2CCN(S(=O)(=O)c3ccc(-c4nnc(C)o4)s3)CC2)c1. The van der Waals surface area contributed by atoms with Crippen molar-refractivity contribution >= 4 is 27.0 Å². The van der Waals surface area contributed by atoms with Crippen LogP contribution in [0.4, 0.5) is 5.69 Å². The number of thiophene rings is 1. The fourth-order valence-corrected chi connectivity index (χ4v) is 6.13. The van der Waals surface area contributed by atoms with Gasteiger partial charge in [-0.05, 0) is 43.2 Å². The molecule has 1 saturated heterocycles. The molecule has 148 valence electrons. The maximum absolute atomic E-state index is 13.1. The van der Waals surface area contributed by atoms with Crippen LogP contribution in [0.15, 0.2) is 39.0 Å². The van der Waals surface area contributed by atoms with Gasteiger partial charge in [-0.1, -0.05) is 12.1 Å². The lowest BCUT2D eigenvalue weighted by Crippen LogP contribution is -2.48. The highest BCUT2D eigenvalue weighted by Gasteiger charge is 2.30. The molecule has 0 saturated carbocycles. The topological polar surface area (TPSA) is 79.5 Å². The second-order valence-electron chi connectivity index (χ2n) is 6.93. The third kappa shape index (κ3) is 3.57. The van der Waals surface area contributed by atoms with Gasteiger partial charge in [-0.3, -0.25) is 0 Å². The van der Waals surface area contributed by atoms with Gasteiger partial charge in [0.1, 0.15) is 4.21 Å². The molecular formula is C19H22N4O3S2. The van der Waals surface area contributed by atoms with Gasteiger partial charge in [-0.15, -0.1) is 21.5 Å². The predicted octanol–water partition coefficient (Wildman–Crippen LogP) is 3.23. The second kappa shape index (κ2) is 7.31. The van der Waals surface area contributed by atoms with Crippen LogP contribution in [0.25, 0.3) is 10.8 Å². The number of aryl methyl sites for hydroxylation is 3. The quantitative estimate of drug-likeness (QED) is 0.647. The minimum atomic E-state index is -3.53. The Hall–Kier alpha value is -2.23. The molecule has 2 aromatic heterocycles. The van der Waals surface area contributed by atoms with Crippen LogP contribution in [0, 0.1) is 20.8 Å². The van der Waals surface area contributed by atoms with Gasteiger partial charge in [-0.25, -0.2) is 8.42 Å². The molecule has 28 heavy (non-hydrogen) atoms. The van der Waals surface area contributed by atoms with E-state index in [1.165, 1.54) is 16.8 Å². The summed E-state index contributed by atoms with van der Waals surface area (Å²) in [5.74, 6) is 0.805. The first-order chi connectivity index (χ1) is 13.3. The van der Waals surface area contributed by atoms with Crippen LogP contribution in [0.5, 0.6) is 0 Å². The lowest BCUT2D eigenvalue weighted by molar-refractivity contribution is 0.385. The molecule has 0 unspecified atom stereocenters. The third-order valence-corrected chi connectivity index (χ3v) is 8.30. The standard InChI is InChI=1S/C19H22N4O3S2/c1-13-4-5-14(2)16(12-13)22-8-10-23(11-9-22)28(24,25)18-7-6-17(27-18)19-21-20-15(3)26-19/h4-7,12H,8-11H2,1-3H3. The molecule has 1 aliphatic heterocycles. The lowest BCUT2D eigenvalue weighted by atomic mass is 10.1.